The van der Waals surface area contributed by atoms with E-state index in [0.29, 0.717) is 6.42 Å². The molecule has 1 aromatic carbocycles. The minimum absolute atomic E-state index is 0.336. The van der Waals surface area contributed by atoms with Crippen molar-refractivity contribution in [3.8, 4) is 0 Å². The molecule has 2 rings (SSSR count). The van der Waals surface area contributed by atoms with Crippen molar-refractivity contribution in [2.75, 3.05) is 6.54 Å². The van der Waals surface area contributed by atoms with Crippen LogP contribution in [0.3, 0.4) is 0 Å². The Morgan fingerprint density at radius 1 is 1.37 bits per heavy atom. The predicted octanol–water partition coefficient (Wildman–Crippen LogP) is -1.10. The summed E-state index contributed by atoms with van der Waals surface area (Å²) in [5, 5.41) is 13.5. The van der Waals surface area contributed by atoms with Gasteiger partial charge in [-0.15, -0.1) is 0 Å². The maximum absolute atomic E-state index is 11.6. The Labute approximate surface area is 109 Å². The van der Waals surface area contributed by atoms with Gasteiger partial charge in [0.15, 0.2) is 0 Å². The average Bonchev–Trinajstić information content (AvgIpc) is 2.79. The highest BCUT2D eigenvalue weighted by molar-refractivity contribution is 5.87. The zero-order valence-electron chi connectivity index (χ0n) is 10.2. The number of aromatic nitrogens is 1. The number of benzene rings is 1. The number of hydrogen-bond acceptors (Lipinski definition) is 4. The van der Waals surface area contributed by atoms with Crippen LogP contribution in [-0.2, 0) is 16.0 Å². The van der Waals surface area contributed by atoms with Gasteiger partial charge in [-0.05, 0) is 18.1 Å². The second-order valence-corrected chi connectivity index (χ2v) is 4.26. The van der Waals surface area contributed by atoms with Gasteiger partial charge in [0.1, 0.15) is 0 Å². The molecular formula is C13H14N3O3-. The molecule has 1 amide bonds. The molecule has 0 saturated carbocycles. The van der Waals surface area contributed by atoms with Gasteiger partial charge < -0.3 is 25.9 Å². The standard InChI is InChI=1S/C13H15N3O3/c14-10(13(19)16-7-12(17)18)5-8-6-15-11-4-2-1-3-9(8)11/h1-4,6,10,15H,5,7,14H2,(H,16,19)(H,17,18)/p-1/t10-/m0/s1. The summed E-state index contributed by atoms with van der Waals surface area (Å²) >= 11 is 0. The molecule has 0 bridgehead atoms. The summed E-state index contributed by atoms with van der Waals surface area (Å²) in [6.07, 6.45) is 2.14. The van der Waals surface area contributed by atoms with E-state index in [4.69, 9.17) is 5.73 Å². The van der Waals surface area contributed by atoms with E-state index in [1.807, 2.05) is 24.3 Å². The second kappa shape index (κ2) is 5.53. The van der Waals surface area contributed by atoms with Crippen LogP contribution < -0.4 is 16.2 Å². The number of H-pyrrole nitrogens is 1. The Hall–Kier alpha value is -2.34. The molecule has 4 N–H and O–H groups in total. The summed E-state index contributed by atoms with van der Waals surface area (Å²) in [6.45, 7) is -0.527. The number of rotatable bonds is 5. The molecular weight excluding hydrogens is 246 g/mol. The molecule has 2 aromatic rings. The first-order valence-electron chi connectivity index (χ1n) is 5.86. The quantitative estimate of drug-likeness (QED) is 0.633. The SMILES string of the molecule is N[C@@H](Cc1c[nH]c2ccccc12)C(=O)NCC(=O)[O-]. The average molecular weight is 260 g/mol. The Morgan fingerprint density at radius 2 is 2.11 bits per heavy atom. The number of carboxylic acid groups (broad SMARTS) is 1. The van der Waals surface area contributed by atoms with Crippen molar-refractivity contribution in [2.45, 2.75) is 12.5 Å². The van der Waals surface area contributed by atoms with Crippen LogP contribution in [0.2, 0.25) is 0 Å². The first-order chi connectivity index (χ1) is 9.08. The predicted molar refractivity (Wildman–Crippen MR) is 68.0 cm³/mol. The van der Waals surface area contributed by atoms with E-state index >= 15 is 0 Å². The molecule has 1 aromatic heterocycles. The van der Waals surface area contributed by atoms with Gasteiger partial charge in [-0.1, -0.05) is 18.2 Å². The lowest BCUT2D eigenvalue weighted by Gasteiger charge is -2.12. The van der Waals surface area contributed by atoms with E-state index < -0.39 is 24.5 Å². The van der Waals surface area contributed by atoms with Crippen molar-refractivity contribution in [1.29, 1.82) is 0 Å². The molecule has 6 heteroatoms. The smallest absolute Gasteiger partial charge is 0.237 e. The number of para-hydroxylation sites is 1. The summed E-state index contributed by atoms with van der Waals surface area (Å²) in [6, 6.07) is 6.89. The number of carboxylic acids is 1. The van der Waals surface area contributed by atoms with Crippen LogP contribution in [0.5, 0.6) is 0 Å². The van der Waals surface area contributed by atoms with Gasteiger partial charge in [0.2, 0.25) is 5.91 Å². The molecule has 1 heterocycles. The maximum Gasteiger partial charge on any atom is 0.237 e. The fourth-order valence-corrected chi connectivity index (χ4v) is 1.92. The third-order valence-corrected chi connectivity index (χ3v) is 2.86. The lowest BCUT2D eigenvalue weighted by atomic mass is 10.1. The summed E-state index contributed by atoms with van der Waals surface area (Å²) in [5.41, 5.74) is 7.64. The number of aromatic amines is 1. The fraction of sp³-hybridized carbons (Fsp3) is 0.231. The zero-order valence-corrected chi connectivity index (χ0v) is 10.2. The number of hydrogen-bond donors (Lipinski definition) is 3. The summed E-state index contributed by atoms with van der Waals surface area (Å²) in [5.74, 6) is -1.85. The molecule has 6 nitrogen and oxygen atoms in total. The number of carbonyl (C=O) groups is 2. The molecule has 0 unspecified atom stereocenters. The molecule has 0 aliphatic heterocycles. The number of aliphatic carboxylic acids is 1. The summed E-state index contributed by atoms with van der Waals surface area (Å²) < 4.78 is 0. The van der Waals surface area contributed by atoms with Crippen molar-refractivity contribution in [3.05, 3.63) is 36.0 Å². The molecule has 0 spiro atoms. The van der Waals surface area contributed by atoms with Crippen LogP contribution in [0.1, 0.15) is 5.56 Å². The Bertz CT molecular complexity index is 606. The van der Waals surface area contributed by atoms with Gasteiger partial charge >= 0.3 is 0 Å². The van der Waals surface area contributed by atoms with Crippen LogP contribution in [-0.4, -0.2) is 29.4 Å². The van der Waals surface area contributed by atoms with Gasteiger partial charge in [-0.2, -0.15) is 0 Å². The van der Waals surface area contributed by atoms with E-state index in [1.54, 1.807) is 6.20 Å². The fourth-order valence-electron chi connectivity index (χ4n) is 1.92. The van der Waals surface area contributed by atoms with Crippen molar-refractivity contribution in [2.24, 2.45) is 5.73 Å². The molecule has 0 saturated heterocycles. The molecule has 0 aliphatic carbocycles. The van der Waals surface area contributed by atoms with Crippen LogP contribution in [0, 0.1) is 0 Å². The number of amides is 1. The highest BCUT2D eigenvalue weighted by Crippen LogP contribution is 2.18. The van der Waals surface area contributed by atoms with Gasteiger partial charge in [0, 0.05) is 17.1 Å². The van der Waals surface area contributed by atoms with E-state index in [2.05, 4.69) is 10.3 Å². The van der Waals surface area contributed by atoms with E-state index in [0.717, 1.165) is 16.5 Å². The highest BCUT2D eigenvalue weighted by Gasteiger charge is 2.15. The van der Waals surface area contributed by atoms with Crippen molar-refractivity contribution in [1.82, 2.24) is 10.3 Å². The first-order valence-corrected chi connectivity index (χ1v) is 5.86. The third kappa shape index (κ3) is 3.11. The summed E-state index contributed by atoms with van der Waals surface area (Å²) in [4.78, 5) is 24.9. The normalized spacial score (nSPS) is 12.3. The minimum Gasteiger partial charge on any atom is -0.548 e. The molecule has 19 heavy (non-hydrogen) atoms. The molecule has 1 atom stereocenters. The third-order valence-electron chi connectivity index (χ3n) is 2.86. The molecule has 0 aliphatic rings. The van der Waals surface area contributed by atoms with Crippen molar-refractivity contribution >= 4 is 22.8 Å². The minimum atomic E-state index is -1.34. The van der Waals surface area contributed by atoms with Gasteiger partial charge in [0.25, 0.3) is 0 Å². The van der Waals surface area contributed by atoms with Gasteiger partial charge in [-0.3, -0.25) is 4.79 Å². The maximum atomic E-state index is 11.6. The highest BCUT2D eigenvalue weighted by atomic mass is 16.4. The lowest BCUT2D eigenvalue weighted by Crippen LogP contribution is -2.46. The number of carbonyl (C=O) groups excluding carboxylic acids is 2. The van der Waals surface area contributed by atoms with Crippen molar-refractivity contribution in [3.63, 3.8) is 0 Å². The monoisotopic (exact) mass is 260 g/mol. The Balaban J connectivity index is 2.04. The number of nitrogens with one attached hydrogen (secondary N) is 2. The number of fused-ring (bicyclic) bond motifs is 1. The topological polar surface area (TPSA) is 111 Å². The van der Waals surface area contributed by atoms with Gasteiger partial charge in [0.05, 0.1) is 18.6 Å². The van der Waals surface area contributed by atoms with Gasteiger partial charge in [-0.25, -0.2) is 0 Å². The Morgan fingerprint density at radius 3 is 2.84 bits per heavy atom. The van der Waals surface area contributed by atoms with E-state index in [-0.39, 0.29) is 0 Å². The first kappa shape index (κ1) is 13.1. The summed E-state index contributed by atoms with van der Waals surface area (Å²) in [7, 11) is 0. The van der Waals surface area contributed by atoms with E-state index in [9.17, 15) is 14.7 Å². The zero-order chi connectivity index (χ0) is 13.8. The van der Waals surface area contributed by atoms with Crippen LogP contribution in [0.25, 0.3) is 10.9 Å². The van der Waals surface area contributed by atoms with Crippen LogP contribution in [0.15, 0.2) is 30.5 Å². The molecule has 100 valence electrons. The van der Waals surface area contributed by atoms with E-state index in [1.165, 1.54) is 0 Å². The largest absolute Gasteiger partial charge is 0.548 e. The van der Waals surface area contributed by atoms with Crippen LogP contribution in [0.4, 0.5) is 0 Å². The van der Waals surface area contributed by atoms with Crippen molar-refractivity contribution < 1.29 is 14.7 Å². The molecule has 0 fully saturated rings. The number of nitrogens with two attached hydrogens (primary N) is 1. The Kier molecular flexibility index (Phi) is 3.82. The molecule has 0 radical (unpaired) electrons. The second-order valence-electron chi connectivity index (χ2n) is 4.26. The lowest BCUT2D eigenvalue weighted by molar-refractivity contribution is -0.304. The van der Waals surface area contributed by atoms with Crippen LogP contribution >= 0.6 is 0 Å².